The molecule has 2 aromatic rings. The number of aromatic nitrogens is 2. The summed E-state index contributed by atoms with van der Waals surface area (Å²) in [6.07, 6.45) is 6.71. The minimum Gasteiger partial charge on any atom is -0.444 e. The van der Waals surface area contributed by atoms with Crippen LogP contribution in [0.2, 0.25) is 0 Å². The molecule has 2 fully saturated rings. The van der Waals surface area contributed by atoms with Crippen molar-refractivity contribution >= 4 is 23.5 Å². The van der Waals surface area contributed by atoms with Crippen molar-refractivity contribution in [3.8, 4) is 0 Å². The monoisotopic (exact) mass is 370 g/mol. The summed E-state index contributed by atoms with van der Waals surface area (Å²) in [6, 6.07) is 4.10. The van der Waals surface area contributed by atoms with E-state index in [1.54, 1.807) is 4.90 Å². The summed E-state index contributed by atoms with van der Waals surface area (Å²) in [5.74, 6) is 0.868. The lowest BCUT2D eigenvalue weighted by Crippen LogP contribution is -2.36. The molecule has 1 aliphatic carbocycles. The molecular formula is C20H26N4O3. The van der Waals surface area contributed by atoms with Crippen molar-refractivity contribution < 1.29 is 14.3 Å². The minimum absolute atomic E-state index is 0.105. The van der Waals surface area contributed by atoms with Gasteiger partial charge in [0.05, 0.1) is 12.1 Å². The lowest BCUT2D eigenvalue weighted by molar-refractivity contribution is -0.119. The summed E-state index contributed by atoms with van der Waals surface area (Å²) >= 11 is 0. The third-order valence-corrected chi connectivity index (χ3v) is 4.98. The zero-order valence-corrected chi connectivity index (χ0v) is 16.1. The Morgan fingerprint density at radius 3 is 2.67 bits per heavy atom. The largest absolute Gasteiger partial charge is 0.444 e. The summed E-state index contributed by atoms with van der Waals surface area (Å²) in [6.45, 7) is 6.42. The van der Waals surface area contributed by atoms with E-state index in [1.807, 2.05) is 37.4 Å². The number of rotatable bonds is 3. The van der Waals surface area contributed by atoms with Crippen LogP contribution >= 0.6 is 0 Å². The normalized spacial score (nSPS) is 20.1. The molecule has 2 aromatic heterocycles. The van der Waals surface area contributed by atoms with Crippen molar-refractivity contribution in [2.45, 2.75) is 51.6 Å². The van der Waals surface area contributed by atoms with Gasteiger partial charge in [-0.05, 0) is 57.6 Å². The number of hydrogen-bond acceptors (Lipinski definition) is 4. The van der Waals surface area contributed by atoms with Gasteiger partial charge < -0.3 is 19.4 Å². The number of carbonyl (C=O) groups excluding carboxylic acids is 2. The van der Waals surface area contributed by atoms with Gasteiger partial charge in [0.1, 0.15) is 11.2 Å². The highest BCUT2D eigenvalue weighted by Crippen LogP contribution is 2.40. The maximum absolute atomic E-state index is 12.6. The van der Waals surface area contributed by atoms with Gasteiger partial charge in [0, 0.05) is 19.3 Å². The molecule has 7 heteroatoms. The number of anilines is 1. The Bertz CT molecular complexity index is 879. The Hall–Kier alpha value is -2.57. The van der Waals surface area contributed by atoms with E-state index in [-0.39, 0.29) is 17.9 Å². The predicted octanol–water partition coefficient (Wildman–Crippen LogP) is 3.41. The minimum atomic E-state index is -0.534. The molecule has 1 saturated carbocycles. The molecule has 0 radical (unpaired) electrons. The van der Waals surface area contributed by atoms with E-state index in [0.29, 0.717) is 31.2 Å². The van der Waals surface area contributed by atoms with Crippen molar-refractivity contribution in [3.63, 3.8) is 0 Å². The van der Waals surface area contributed by atoms with Gasteiger partial charge in [0.15, 0.2) is 5.82 Å². The van der Waals surface area contributed by atoms with Crippen molar-refractivity contribution in [1.29, 1.82) is 0 Å². The molecule has 0 bridgehead atoms. The van der Waals surface area contributed by atoms with Gasteiger partial charge in [-0.15, -0.1) is 0 Å². The Morgan fingerprint density at radius 2 is 1.96 bits per heavy atom. The average molecular weight is 370 g/mol. The first kappa shape index (κ1) is 17.8. The first-order valence-electron chi connectivity index (χ1n) is 9.56. The van der Waals surface area contributed by atoms with E-state index in [1.165, 1.54) is 18.4 Å². The van der Waals surface area contributed by atoms with E-state index in [2.05, 4.69) is 22.6 Å². The molecule has 27 heavy (non-hydrogen) atoms. The van der Waals surface area contributed by atoms with Crippen LogP contribution in [-0.4, -0.2) is 45.0 Å². The first-order chi connectivity index (χ1) is 12.8. The number of ether oxygens (including phenoxy) is 1. The molecule has 0 spiro atoms. The smallest absolute Gasteiger partial charge is 0.410 e. The second-order valence-corrected chi connectivity index (χ2v) is 8.53. The van der Waals surface area contributed by atoms with Gasteiger partial charge in [-0.25, -0.2) is 9.78 Å². The zero-order valence-electron chi connectivity index (χ0n) is 16.1. The van der Waals surface area contributed by atoms with Crippen LogP contribution in [0.4, 0.5) is 10.6 Å². The second-order valence-electron chi connectivity index (χ2n) is 8.53. The van der Waals surface area contributed by atoms with Gasteiger partial charge in [-0.3, -0.25) is 4.79 Å². The fourth-order valence-corrected chi connectivity index (χ4v) is 3.42. The number of nitrogens with one attached hydrogen (secondary N) is 1. The van der Waals surface area contributed by atoms with E-state index in [4.69, 9.17) is 4.74 Å². The molecule has 4 rings (SSSR count). The van der Waals surface area contributed by atoms with E-state index in [9.17, 15) is 9.59 Å². The molecule has 0 unspecified atom stereocenters. The summed E-state index contributed by atoms with van der Waals surface area (Å²) in [7, 11) is 0. The molecule has 3 heterocycles. The number of pyridine rings is 1. The topological polar surface area (TPSA) is 75.9 Å². The molecule has 1 aliphatic heterocycles. The average Bonchev–Trinajstić information content (AvgIpc) is 3.16. The summed E-state index contributed by atoms with van der Waals surface area (Å²) in [4.78, 5) is 30.8. The molecule has 0 aromatic carbocycles. The molecule has 2 amide bonds. The van der Waals surface area contributed by atoms with Crippen LogP contribution in [0.25, 0.3) is 5.65 Å². The zero-order chi connectivity index (χ0) is 19.2. The second kappa shape index (κ2) is 6.55. The SMILES string of the molecule is CC(C)(C)OC(=O)N1CC[C@H](C(=O)Nc2cn3cc(C4CC4)ccc3n2)C1. The number of fused-ring (bicyclic) bond motifs is 1. The van der Waals surface area contributed by atoms with E-state index < -0.39 is 5.60 Å². The fourth-order valence-electron chi connectivity index (χ4n) is 3.42. The van der Waals surface area contributed by atoms with Gasteiger partial charge in [0.2, 0.25) is 5.91 Å². The molecule has 1 atom stereocenters. The third-order valence-electron chi connectivity index (χ3n) is 4.98. The van der Waals surface area contributed by atoms with Gasteiger partial charge >= 0.3 is 6.09 Å². The highest BCUT2D eigenvalue weighted by Gasteiger charge is 2.33. The van der Waals surface area contributed by atoms with Crippen LogP contribution in [0.1, 0.15) is 51.5 Å². The van der Waals surface area contributed by atoms with Gasteiger partial charge in [-0.1, -0.05) is 6.07 Å². The quantitative estimate of drug-likeness (QED) is 0.898. The standard InChI is InChI=1S/C20H26N4O3/c1-20(2,3)27-19(26)23-9-8-15(11-23)18(25)22-16-12-24-10-14(13-4-5-13)6-7-17(24)21-16/h6-7,10,12-13,15H,4-5,8-9,11H2,1-3H3,(H,22,25)/t15-/m0/s1. The number of hydrogen-bond donors (Lipinski definition) is 1. The first-order valence-corrected chi connectivity index (χ1v) is 9.56. The van der Waals surface area contributed by atoms with Gasteiger partial charge in [-0.2, -0.15) is 0 Å². The fraction of sp³-hybridized carbons (Fsp3) is 0.550. The number of nitrogens with zero attached hydrogens (tertiary/aromatic N) is 3. The molecule has 1 N–H and O–H groups in total. The summed E-state index contributed by atoms with van der Waals surface area (Å²) < 4.78 is 7.35. The lowest BCUT2D eigenvalue weighted by Gasteiger charge is -2.24. The van der Waals surface area contributed by atoms with Crippen LogP contribution in [0.3, 0.4) is 0 Å². The van der Waals surface area contributed by atoms with E-state index in [0.717, 1.165) is 5.65 Å². The maximum Gasteiger partial charge on any atom is 0.410 e. The third kappa shape index (κ3) is 4.07. The predicted molar refractivity (Wildman–Crippen MR) is 102 cm³/mol. The number of imidazole rings is 1. The molecular weight excluding hydrogens is 344 g/mol. The highest BCUT2D eigenvalue weighted by atomic mass is 16.6. The Balaban J connectivity index is 1.38. The molecule has 2 aliphatic rings. The Morgan fingerprint density at radius 1 is 1.19 bits per heavy atom. The van der Waals surface area contributed by atoms with Crippen molar-refractivity contribution in [3.05, 3.63) is 30.1 Å². The van der Waals surface area contributed by atoms with Crippen molar-refractivity contribution in [2.24, 2.45) is 5.92 Å². The Kier molecular flexibility index (Phi) is 4.32. The van der Waals surface area contributed by atoms with Crippen molar-refractivity contribution in [1.82, 2.24) is 14.3 Å². The molecule has 1 saturated heterocycles. The van der Waals surface area contributed by atoms with E-state index >= 15 is 0 Å². The van der Waals surface area contributed by atoms with Crippen LogP contribution < -0.4 is 5.32 Å². The number of amides is 2. The van der Waals surface area contributed by atoms with Gasteiger partial charge in [0.25, 0.3) is 0 Å². The number of carbonyl (C=O) groups is 2. The lowest BCUT2D eigenvalue weighted by atomic mass is 10.1. The van der Waals surface area contributed by atoms with Crippen LogP contribution in [0.5, 0.6) is 0 Å². The number of likely N-dealkylation sites (tertiary alicyclic amines) is 1. The molecule has 7 nitrogen and oxygen atoms in total. The highest BCUT2D eigenvalue weighted by molar-refractivity contribution is 5.92. The Labute approximate surface area is 158 Å². The van der Waals surface area contributed by atoms with Crippen LogP contribution in [0, 0.1) is 5.92 Å². The van der Waals surface area contributed by atoms with Crippen LogP contribution in [0.15, 0.2) is 24.5 Å². The maximum atomic E-state index is 12.6. The molecule has 144 valence electrons. The summed E-state index contributed by atoms with van der Waals surface area (Å²) in [5, 5.41) is 2.90. The summed E-state index contributed by atoms with van der Waals surface area (Å²) in [5.41, 5.74) is 1.60. The van der Waals surface area contributed by atoms with Crippen molar-refractivity contribution in [2.75, 3.05) is 18.4 Å². The van der Waals surface area contributed by atoms with Crippen LogP contribution in [-0.2, 0) is 9.53 Å².